The number of likely N-dealkylation sites (tertiary alicyclic amines) is 1. The van der Waals surface area contributed by atoms with E-state index in [4.69, 9.17) is 0 Å². The Bertz CT molecular complexity index is 1170. The lowest BCUT2D eigenvalue weighted by Crippen LogP contribution is -2.75. The molecule has 0 spiro atoms. The Labute approximate surface area is 202 Å². The molecule has 176 valence electrons. The van der Waals surface area contributed by atoms with Crippen molar-refractivity contribution in [2.75, 3.05) is 13.1 Å². The quantitative estimate of drug-likeness (QED) is 0.543. The van der Waals surface area contributed by atoms with Crippen LogP contribution in [0.15, 0.2) is 72.8 Å². The molecule has 3 saturated heterocycles. The lowest BCUT2D eigenvalue weighted by molar-refractivity contribution is -0.138. The third-order valence-electron chi connectivity index (χ3n) is 8.76. The molecule has 7 rings (SSSR count). The summed E-state index contributed by atoms with van der Waals surface area (Å²) in [5.41, 5.74) is 2.05. The standard InChI is InChI=1S/C30H35N3O/c1-2-9-27-24-16-25-20-33(19-23-14-8-13-22-12-6-7-15-26(22)23)28(27)30(25,32-18-24)29(34)31-17-21-10-4-3-5-11-21/h3-8,10-15,24-25,27-28,32H,2,9,16-20H2,1H3,(H,31,34)/t24-,25-,27+,28-,30-/m0/s1. The monoisotopic (exact) mass is 453 g/mol. The second kappa shape index (κ2) is 8.83. The first-order valence-corrected chi connectivity index (χ1v) is 13.0. The molecule has 3 aromatic carbocycles. The molecule has 1 amide bonds. The van der Waals surface area contributed by atoms with Gasteiger partial charge in [0.1, 0.15) is 5.54 Å². The predicted octanol–water partition coefficient (Wildman–Crippen LogP) is 4.73. The Morgan fingerprint density at radius 3 is 2.71 bits per heavy atom. The number of amides is 1. The smallest absolute Gasteiger partial charge is 0.242 e. The first kappa shape index (κ1) is 21.8. The molecule has 0 aromatic heterocycles. The van der Waals surface area contributed by atoms with Gasteiger partial charge in [0, 0.05) is 31.6 Å². The van der Waals surface area contributed by atoms with Gasteiger partial charge in [-0.25, -0.2) is 0 Å². The second-order valence-electron chi connectivity index (χ2n) is 10.6. The van der Waals surface area contributed by atoms with Gasteiger partial charge in [-0.15, -0.1) is 0 Å². The highest BCUT2D eigenvalue weighted by Crippen LogP contribution is 2.54. The molecule has 3 aliphatic heterocycles. The van der Waals surface area contributed by atoms with E-state index in [0.717, 1.165) is 25.2 Å². The number of piperidine rings is 2. The highest BCUT2D eigenvalue weighted by atomic mass is 16.2. The fourth-order valence-electron chi connectivity index (χ4n) is 7.38. The van der Waals surface area contributed by atoms with Crippen LogP contribution in [0.5, 0.6) is 0 Å². The Morgan fingerprint density at radius 2 is 1.85 bits per heavy atom. The summed E-state index contributed by atoms with van der Waals surface area (Å²) in [5, 5.41) is 9.78. The minimum absolute atomic E-state index is 0.200. The fourth-order valence-corrected chi connectivity index (χ4v) is 7.38. The van der Waals surface area contributed by atoms with E-state index in [9.17, 15) is 4.79 Å². The lowest BCUT2D eigenvalue weighted by Gasteiger charge is -2.56. The molecule has 2 N–H and O–H groups in total. The van der Waals surface area contributed by atoms with E-state index in [1.165, 1.54) is 35.6 Å². The van der Waals surface area contributed by atoms with Crippen molar-refractivity contribution in [1.29, 1.82) is 0 Å². The molecule has 3 heterocycles. The number of hydrogen-bond acceptors (Lipinski definition) is 3. The summed E-state index contributed by atoms with van der Waals surface area (Å²) in [6, 6.07) is 25.9. The molecule has 4 fully saturated rings. The number of hydrogen-bond donors (Lipinski definition) is 2. The third-order valence-corrected chi connectivity index (χ3v) is 8.76. The summed E-state index contributed by atoms with van der Waals surface area (Å²) in [6.07, 6.45) is 3.54. The molecule has 4 bridgehead atoms. The van der Waals surface area contributed by atoms with Crippen molar-refractivity contribution in [3.8, 4) is 0 Å². The van der Waals surface area contributed by atoms with Crippen LogP contribution in [0.1, 0.15) is 37.3 Å². The van der Waals surface area contributed by atoms with E-state index in [2.05, 4.69) is 77.1 Å². The number of benzene rings is 3. The van der Waals surface area contributed by atoms with Gasteiger partial charge in [-0.2, -0.15) is 0 Å². The van der Waals surface area contributed by atoms with Crippen LogP contribution in [0.3, 0.4) is 0 Å². The second-order valence-corrected chi connectivity index (χ2v) is 10.6. The Balaban J connectivity index is 1.32. The van der Waals surface area contributed by atoms with Crippen LogP contribution in [0.2, 0.25) is 0 Å². The normalized spacial score (nSPS) is 30.0. The first-order chi connectivity index (χ1) is 16.7. The third kappa shape index (κ3) is 3.47. The van der Waals surface area contributed by atoms with Crippen molar-refractivity contribution in [2.24, 2.45) is 17.8 Å². The van der Waals surface area contributed by atoms with Crippen molar-refractivity contribution in [2.45, 2.75) is 50.9 Å². The Hall–Kier alpha value is -2.69. The van der Waals surface area contributed by atoms with E-state index in [0.29, 0.717) is 24.3 Å². The Kier molecular flexibility index (Phi) is 5.66. The highest BCUT2D eigenvalue weighted by Gasteiger charge is 2.67. The fraction of sp³-hybridized carbons (Fsp3) is 0.433. The van der Waals surface area contributed by atoms with Crippen molar-refractivity contribution < 1.29 is 4.79 Å². The molecule has 0 unspecified atom stereocenters. The van der Waals surface area contributed by atoms with Crippen LogP contribution >= 0.6 is 0 Å². The summed E-state index contributed by atoms with van der Waals surface area (Å²) in [7, 11) is 0. The number of fused-ring (bicyclic) bond motifs is 2. The van der Waals surface area contributed by atoms with E-state index in [1.807, 2.05) is 18.2 Å². The minimum atomic E-state index is -0.478. The summed E-state index contributed by atoms with van der Waals surface area (Å²) >= 11 is 0. The number of nitrogens with zero attached hydrogens (tertiary/aromatic N) is 1. The number of carbonyl (C=O) groups is 1. The zero-order valence-corrected chi connectivity index (χ0v) is 20.0. The van der Waals surface area contributed by atoms with Crippen LogP contribution in [0.4, 0.5) is 0 Å². The maximum absolute atomic E-state index is 14.0. The van der Waals surface area contributed by atoms with Gasteiger partial charge < -0.3 is 10.6 Å². The maximum atomic E-state index is 14.0. The van der Waals surface area contributed by atoms with Gasteiger partial charge in [-0.3, -0.25) is 9.69 Å². The van der Waals surface area contributed by atoms with Crippen LogP contribution in [0, 0.1) is 17.8 Å². The van der Waals surface area contributed by atoms with Gasteiger partial charge in [0.05, 0.1) is 0 Å². The molecule has 1 aliphatic carbocycles. The van der Waals surface area contributed by atoms with Crippen molar-refractivity contribution >= 4 is 16.7 Å². The summed E-state index contributed by atoms with van der Waals surface area (Å²) < 4.78 is 0. The zero-order chi connectivity index (χ0) is 23.1. The lowest BCUT2D eigenvalue weighted by atomic mass is 9.58. The maximum Gasteiger partial charge on any atom is 0.242 e. The number of nitrogens with one attached hydrogen (secondary N) is 2. The van der Waals surface area contributed by atoms with Crippen molar-refractivity contribution in [3.05, 3.63) is 83.9 Å². The molecule has 1 saturated carbocycles. The average molecular weight is 454 g/mol. The first-order valence-electron chi connectivity index (χ1n) is 13.0. The molecule has 4 nitrogen and oxygen atoms in total. The zero-order valence-electron chi connectivity index (χ0n) is 20.0. The van der Waals surface area contributed by atoms with E-state index in [1.54, 1.807) is 0 Å². The highest BCUT2D eigenvalue weighted by molar-refractivity contribution is 5.89. The minimum Gasteiger partial charge on any atom is -0.350 e. The largest absolute Gasteiger partial charge is 0.350 e. The van der Waals surface area contributed by atoms with Gasteiger partial charge in [0.25, 0.3) is 0 Å². The number of carbonyl (C=O) groups excluding carboxylic acids is 1. The number of rotatable bonds is 7. The summed E-state index contributed by atoms with van der Waals surface area (Å²) in [5.74, 6) is 1.82. The van der Waals surface area contributed by atoms with Crippen LogP contribution < -0.4 is 10.6 Å². The van der Waals surface area contributed by atoms with Gasteiger partial charge in [0.15, 0.2) is 0 Å². The van der Waals surface area contributed by atoms with Gasteiger partial charge in [-0.1, -0.05) is 86.1 Å². The van der Waals surface area contributed by atoms with Gasteiger partial charge in [0.2, 0.25) is 5.91 Å². The van der Waals surface area contributed by atoms with Crippen LogP contribution in [0.25, 0.3) is 10.8 Å². The van der Waals surface area contributed by atoms with Crippen LogP contribution in [-0.4, -0.2) is 35.5 Å². The predicted molar refractivity (Wildman–Crippen MR) is 137 cm³/mol. The summed E-state index contributed by atoms with van der Waals surface area (Å²) in [6.45, 7) is 5.76. The molecule has 5 atom stereocenters. The van der Waals surface area contributed by atoms with E-state index in [-0.39, 0.29) is 11.9 Å². The molecule has 0 radical (unpaired) electrons. The molecule has 34 heavy (non-hydrogen) atoms. The van der Waals surface area contributed by atoms with Crippen LogP contribution in [-0.2, 0) is 17.9 Å². The van der Waals surface area contributed by atoms with E-state index >= 15 is 0 Å². The van der Waals surface area contributed by atoms with Crippen molar-refractivity contribution in [1.82, 2.24) is 15.5 Å². The van der Waals surface area contributed by atoms with E-state index < -0.39 is 5.54 Å². The molecule has 3 aromatic rings. The van der Waals surface area contributed by atoms with Gasteiger partial charge >= 0.3 is 0 Å². The average Bonchev–Trinajstić information content (AvgIpc) is 3.14. The SMILES string of the molecule is CCC[C@@H]1[C@@H]2CN[C@@]3(C(=O)NCc4ccccc4)[C@@H](C2)CN(Cc2cccc4ccccc24)[C@@H]13. The topological polar surface area (TPSA) is 44.4 Å². The molecule has 4 heteroatoms. The van der Waals surface area contributed by atoms with Crippen molar-refractivity contribution in [3.63, 3.8) is 0 Å². The molecular weight excluding hydrogens is 418 g/mol. The van der Waals surface area contributed by atoms with Gasteiger partial charge in [-0.05, 0) is 53.1 Å². The summed E-state index contributed by atoms with van der Waals surface area (Å²) in [4.78, 5) is 16.6. The Morgan fingerprint density at radius 1 is 1.06 bits per heavy atom. The molecule has 4 aliphatic rings. The molecular formula is C30H35N3O.